The summed E-state index contributed by atoms with van der Waals surface area (Å²) in [7, 11) is -2.00. The number of sulfonamides is 1. The van der Waals surface area contributed by atoms with E-state index in [2.05, 4.69) is 5.10 Å². The molecule has 1 aromatic carbocycles. The summed E-state index contributed by atoms with van der Waals surface area (Å²) >= 11 is 0. The first-order valence-corrected chi connectivity index (χ1v) is 10.0. The number of hydrogen-bond donors (Lipinski definition) is 0. The number of nitrogens with zero attached hydrogens (tertiary/aromatic N) is 3. The summed E-state index contributed by atoms with van der Waals surface area (Å²) in [6, 6.07) is 7.23. The molecule has 2 aliphatic heterocycles. The van der Waals surface area contributed by atoms with E-state index in [1.807, 2.05) is 12.1 Å². The number of carbonyl (C=O) groups excluding carboxylic acids is 1. The largest absolute Gasteiger partial charge is 0.449 e. The maximum absolute atomic E-state index is 13.3. The first-order chi connectivity index (χ1) is 12.3. The van der Waals surface area contributed by atoms with E-state index in [0.717, 1.165) is 5.56 Å². The number of esters is 1. The summed E-state index contributed by atoms with van der Waals surface area (Å²) in [6.45, 7) is 3.98. The van der Waals surface area contributed by atoms with Crippen LogP contribution in [-0.4, -0.2) is 41.6 Å². The molecule has 0 radical (unpaired) electrons. The minimum Gasteiger partial charge on any atom is -0.449 e. The van der Waals surface area contributed by atoms with E-state index in [0.29, 0.717) is 36.3 Å². The lowest BCUT2D eigenvalue weighted by molar-refractivity contribution is -0.0345. The molecule has 0 bridgehead atoms. The number of fused-ring (bicyclic) bond motifs is 2. The number of piperidine rings is 1. The van der Waals surface area contributed by atoms with Gasteiger partial charge in [0.15, 0.2) is 5.60 Å². The fourth-order valence-electron chi connectivity index (χ4n) is 4.09. The predicted molar refractivity (Wildman–Crippen MR) is 94.2 cm³/mol. The Hall–Kier alpha value is -2.19. The van der Waals surface area contributed by atoms with Gasteiger partial charge in [0.1, 0.15) is 4.90 Å². The molecule has 2 aliphatic rings. The third kappa shape index (κ3) is 2.32. The van der Waals surface area contributed by atoms with Gasteiger partial charge in [-0.15, -0.1) is 0 Å². The topological polar surface area (TPSA) is 81.5 Å². The summed E-state index contributed by atoms with van der Waals surface area (Å²) in [5.74, 6) is -0.381. The maximum Gasteiger partial charge on any atom is 0.339 e. The monoisotopic (exact) mass is 375 g/mol. The number of aromatic nitrogens is 2. The van der Waals surface area contributed by atoms with Crippen molar-refractivity contribution in [2.75, 3.05) is 13.1 Å². The molecule has 1 atom stereocenters. The van der Waals surface area contributed by atoms with Crippen LogP contribution in [0.5, 0.6) is 0 Å². The minimum atomic E-state index is -3.73. The molecule has 1 aromatic heterocycles. The van der Waals surface area contributed by atoms with Gasteiger partial charge < -0.3 is 4.74 Å². The Kier molecular flexibility index (Phi) is 3.75. The minimum absolute atomic E-state index is 0.131. The molecule has 2 aromatic rings. The molecule has 1 spiro atoms. The van der Waals surface area contributed by atoms with Crippen molar-refractivity contribution >= 4 is 16.0 Å². The Morgan fingerprint density at radius 1 is 1.23 bits per heavy atom. The number of ether oxygens (including phenoxy) is 1. The maximum atomic E-state index is 13.3. The van der Waals surface area contributed by atoms with Crippen molar-refractivity contribution in [3.63, 3.8) is 0 Å². The van der Waals surface area contributed by atoms with Crippen LogP contribution in [0.1, 0.15) is 40.2 Å². The van der Waals surface area contributed by atoms with Crippen molar-refractivity contribution in [2.24, 2.45) is 7.05 Å². The molecule has 4 rings (SSSR count). The third-order valence-corrected chi connectivity index (χ3v) is 7.48. The van der Waals surface area contributed by atoms with Gasteiger partial charge in [-0.05, 0) is 32.8 Å². The summed E-state index contributed by atoms with van der Waals surface area (Å²) in [5.41, 5.74) is 1.49. The molecule has 26 heavy (non-hydrogen) atoms. The molecule has 0 amide bonds. The Balaban J connectivity index is 1.76. The molecule has 138 valence electrons. The van der Waals surface area contributed by atoms with Gasteiger partial charge in [-0.2, -0.15) is 9.40 Å². The quantitative estimate of drug-likeness (QED) is 0.749. The second kappa shape index (κ2) is 5.65. The zero-order valence-corrected chi connectivity index (χ0v) is 15.8. The lowest BCUT2D eigenvalue weighted by Crippen LogP contribution is -2.48. The summed E-state index contributed by atoms with van der Waals surface area (Å²) in [6.07, 6.45) is 1.24. The van der Waals surface area contributed by atoms with E-state index < -0.39 is 15.6 Å². The number of benzene rings is 1. The van der Waals surface area contributed by atoms with Crippen LogP contribution < -0.4 is 0 Å². The highest BCUT2D eigenvalue weighted by Gasteiger charge is 2.50. The first kappa shape index (κ1) is 17.2. The number of aryl methyl sites for hydroxylation is 2. The van der Waals surface area contributed by atoms with E-state index in [1.165, 1.54) is 4.31 Å². The van der Waals surface area contributed by atoms with Gasteiger partial charge >= 0.3 is 5.97 Å². The van der Waals surface area contributed by atoms with Gasteiger partial charge in [0.05, 0.1) is 23.5 Å². The molecule has 0 saturated carbocycles. The van der Waals surface area contributed by atoms with E-state index in [1.54, 1.807) is 37.7 Å². The lowest BCUT2D eigenvalue weighted by atomic mass is 9.86. The van der Waals surface area contributed by atoms with Crippen LogP contribution in [0.15, 0.2) is 29.2 Å². The van der Waals surface area contributed by atoms with E-state index in [9.17, 15) is 13.2 Å². The van der Waals surface area contributed by atoms with E-state index >= 15 is 0 Å². The molecule has 1 fully saturated rings. The summed E-state index contributed by atoms with van der Waals surface area (Å²) in [4.78, 5) is 12.5. The smallest absolute Gasteiger partial charge is 0.339 e. The molecule has 0 N–H and O–H groups in total. The van der Waals surface area contributed by atoms with Crippen LogP contribution in [0.3, 0.4) is 0 Å². The average Bonchev–Trinajstić information content (AvgIpc) is 3.02. The summed E-state index contributed by atoms with van der Waals surface area (Å²) < 4.78 is 35.3. The van der Waals surface area contributed by atoms with Crippen molar-refractivity contribution < 1.29 is 17.9 Å². The van der Waals surface area contributed by atoms with Gasteiger partial charge in [-0.25, -0.2) is 13.2 Å². The van der Waals surface area contributed by atoms with Crippen molar-refractivity contribution in [3.8, 4) is 0 Å². The molecule has 7 nitrogen and oxygen atoms in total. The number of carbonyl (C=O) groups is 1. The highest BCUT2D eigenvalue weighted by Crippen LogP contribution is 2.44. The van der Waals surface area contributed by atoms with Gasteiger partial charge in [-0.3, -0.25) is 4.68 Å². The van der Waals surface area contributed by atoms with Crippen LogP contribution in [0.25, 0.3) is 0 Å². The first-order valence-electron chi connectivity index (χ1n) is 8.59. The third-order valence-electron chi connectivity index (χ3n) is 5.39. The lowest BCUT2D eigenvalue weighted by Gasteiger charge is -2.38. The average molecular weight is 375 g/mol. The van der Waals surface area contributed by atoms with E-state index in [-0.39, 0.29) is 17.4 Å². The van der Waals surface area contributed by atoms with Crippen LogP contribution in [-0.2, 0) is 27.4 Å². The molecule has 3 heterocycles. The Labute approximate surface area is 152 Å². The molecule has 0 aliphatic carbocycles. The molecule has 8 heteroatoms. The summed E-state index contributed by atoms with van der Waals surface area (Å²) in [5, 5.41) is 4.23. The van der Waals surface area contributed by atoms with Crippen LogP contribution >= 0.6 is 0 Å². The van der Waals surface area contributed by atoms with E-state index in [4.69, 9.17) is 4.74 Å². The molecule has 1 unspecified atom stereocenters. The molecular weight excluding hydrogens is 354 g/mol. The van der Waals surface area contributed by atoms with Crippen LogP contribution in [0.2, 0.25) is 0 Å². The predicted octanol–water partition coefficient (Wildman–Crippen LogP) is 1.89. The van der Waals surface area contributed by atoms with Crippen molar-refractivity contribution in [2.45, 2.75) is 37.2 Å². The zero-order valence-electron chi connectivity index (χ0n) is 15.0. The van der Waals surface area contributed by atoms with Crippen LogP contribution in [0, 0.1) is 13.8 Å². The van der Waals surface area contributed by atoms with Crippen LogP contribution in [0.4, 0.5) is 0 Å². The Bertz CT molecular complexity index is 1010. The molecule has 1 saturated heterocycles. The number of hydrogen-bond acceptors (Lipinski definition) is 5. The second-order valence-electron chi connectivity index (χ2n) is 7.00. The second-order valence-corrected chi connectivity index (χ2v) is 8.87. The highest BCUT2D eigenvalue weighted by atomic mass is 32.2. The SMILES string of the molecule is Cc1nn(C)c(C)c1S(=O)(=O)N1CCCC2(C1)OC(=O)c1ccccc12. The van der Waals surface area contributed by atoms with Gasteiger partial charge in [0.25, 0.3) is 0 Å². The fraction of sp³-hybridized carbons (Fsp3) is 0.444. The standard InChI is InChI=1S/C18H21N3O4S/c1-12-16(13(2)20(3)19-12)26(23,24)21-10-6-9-18(11-21)15-8-5-4-7-14(15)17(22)25-18/h4-5,7-8H,6,9-11H2,1-3H3. The van der Waals surface area contributed by atoms with Crippen molar-refractivity contribution in [1.29, 1.82) is 0 Å². The van der Waals surface area contributed by atoms with Gasteiger partial charge in [0.2, 0.25) is 10.0 Å². The Morgan fingerprint density at radius 2 is 1.96 bits per heavy atom. The normalized spacial score (nSPS) is 23.3. The highest BCUT2D eigenvalue weighted by molar-refractivity contribution is 7.89. The molecular formula is C18H21N3O4S. The number of rotatable bonds is 2. The fourth-order valence-corrected chi connectivity index (χ4v) is 6.02. The van der Waals surface area contributed by atoms with Gasteiger partial charge in [0, 0.05) is 19.2 Å². The Morgan fingerprint density at radius 3 is 2.65 bits per heavy atom. The van der Waals surface area contributed by atoms with Gasteiger partial charge in [-0.1, -0.05) is 18.2 Å². The van der Waals surface area contributed by atoms with Crippen molar-refractivity contribution in [3.05, 3.63) is 46.8 Å². The van der Waals surface area contributed by atoms with Crippen molar-refractivity contribution in [1.82, 2.24) is 14.1 Å². The zero-order chi connectivity index (χ0) is 18.7.